The molecule has 17 heavy (non-hydrogen) atoms. The lowest BCUT2D eigenvalue weighted by atomic mass is 10.1. The van der Waals surface area contributed by atoms with Gasteiger partial charge in [-0.1, -0.05) is 0 Å². The third-order valence-corrected chi connectivity index (χ3v) is 2.98. The van der Waals surface area contributed by atoms with Gasteiger partial charge in [-0.25, -0.2) is 9.18 Å². The number of carbonyl (C=O) groups is 1. The number of nitrogen functional groups attached to an aromatic ring is 1. The number of fused-ring (bicyclic) bond motifs is 1. The quantitative estimate of drug-likeness (QED) is 0.838. The fourth-order valence-electron chi connectivity index (χ4n) is 1.66. The second kappa shape index (κ2) is 4.37. The minimum absolute atomic E-state index is 0.0423. The number of benzene rings is 1. The van der Waals surface area contributed by atoms with E-state index in [9.17, 15) is 9.18 Å². The van der Waals surface area contributed by atoms with Crippen molar-refractivity contribution >= 4 is 38.6 Å². The van der Waals surface area contributed by atoms with Crippen molar-refractivity contribution in [3.8, 4) is 0 Å². The number of hydrogen-bond donors (Lipinski definition) is 2. The van der Waals surface area contributed by atoms with Crippen LogP contribution in [0, 0.1) is 5.82 Å². The number of nitrogens with one attached hydrogen (secondary N) is 1. The summed E-state index contributed by atoms with van der Waals surface area (Å²) >= 11 is 3.07. The van der Waals surface area contributed by atoms with Crippen molar-refractivity contribution in [3.63, 3.8) is 0 Å². The van der Waals surface area contributed by atoms with E-state index in [1.54, 1.807) is 19.1 Å². The number of carbonyl (C=O) groups excluding carboxylic acids is 1. The van der Waals surface area contributed by atoms with Gasteiger partial charge in [-0.05, 0) is 35.0 Å². The van der Waals surface area contributed by atoms with Crippen LogP contribution in [0.15, 0.2) is 16.6 Å². The first kappa shape index (κ1) is 11.9. The van der Waals surface area contributed by atoms with Gasteiger partial charge in [-0.15, -0.1) is 0 Å². The topological polar surface area (TPSA) is 68.1 Å². The Bertz CT molecular complexity index is 595. The molecule has 0 saturated carbocycles. The highest BCUT2D eigenvalue weighted by Crippen LogP contribution is 2.31. The van der Waals surface area contributed by atoms with Crippen molar-refractivity contribution in [2.45, 2.75) is 6.92 Å². The van der Waals surface area contributed by atoms with Crippen LogP contribution in [-0.2, 0) is 4.74 Å². The van der Waals surface area contributed by atoms with Crippen LogP contribution in [0.1, 0.15) is 17.3 Å². The van der Waals surface area contributed by atoms with Crippen LogP contribution in [0.4, 0.5) is 10.2 Å². The molecule has 0 spiro atoms. The Kier molecular flexibility index (Phi) is 3.06. The zero-order chi connectivity index (χ0) is 12.6. The lowest BCUT2D eigenvalue weighted by Crippen LogP contribution is -2.07. The molecule has 0 fully saturated rings. The van der Waals surface area contributed by atoms with E-state index in [0.29, 0.717) is 5.52 Å². The molecule has 3 N–H and O–H groups in total. The van der Waals surface area contributed by atoms with Crippen LogP contribution in [0.3, 0.4) is 0 Å². The number of rotatable bonds is 2. The molecular weight excluding hydrogens is 291 g/mol. The van der Waals surface area contributed by atoms with Crippen LogP contribution in [0.2, 0.25) is 0 Å². The van der Waals surface area contributed by atoms with Crippen molar-refractivity contribution in [1.29, 1.82) is 0 Å². The maximum atomic E-state index is 13.9. The number of aromatic amines is 1. The molecule has 4 nitrogen and oxygen atoms in total. The molecule has 1 heterocycles. The lowest BCUT2D eigenvalue weighted by molar-refractivity contribution is 0.0529. The van der Waals surface area contributed by atoms with Gasteiger partial charge < -0.3 is 15.5 Å². The van der Waals surface area contributed by atoms with Gasteiger partial charge in [0.1, 0.15) is 17.2 Å². The molecule has 0 aliphatic rings. The number of H-pyrrole nitrogens is 1. The SMILES string of the molecule is CCOC(=O)c1c(N)[nH]c2ccc(Br)c(F)c12. The first-order valence-corrected chi connectivity index (χ1v) is 5.77. The number of ether oxygens (including phenoxy) is 1. The zero-order valence-corrected chi connectivity index (χ0v) is 10.6. The molecule has 6 heteroatoms. The predicted molar refractivity (Wildman–Crippen MR) is 66.3 cm³/mol. The van der Waals surface area contributed by atoms with Crippen molar-refractivity contribution in [2.75, 3.05) is 12.3 Å². The third kappa shape index (κ3) is 1.88. The molecule has 0 aliphatic carbocycles. The van der Waals surface area contributed by atoms with Gasteiger partial charge in [0, 0.05) is 0 Å². The minimum atomic E-state index is -0.631. The van der Waals surface area contributed by atoms with Crippen molar-refractivity contribution in [1.82, 2.24) is 4.98 Å². The smallest absolute Gasteiger partial charge is 0.342 e. The molecule has 2 rings (SSSR count). The van der Waals surface area contributed by atoms with E-state index in [1.165, 1.54) is 0 Å². The van der Waals surface area contributed by atoms with E-state index in [0.717, 1.165) is 0 Å². The molecular formula is C11H10BrFN2O2. The average Bonchev–Trinajstić information content (AvgIpc) is 2.61. The Morgan fingerprint density at radius 2 is 2.29 bits per heavy atom. The molecule has 1 aromatic heterocycles. The van der Waals surface area contributed by atoms with Crippen LogP contribution in [-0.4, -0.2) is 17.6 Å². The van der Waals surface area contributed by atoms with E-state index >= 15 is 0 Å². The van der Waals surface area contributed by atoms with Gasteiger partial charge >= 0.3 is 5.97 Å². The summed E-state index contributed by atoms with van der Waals surface area (Å²) in [6, 6.07) is 3.18. The highest BCUT2D eigenvalue weighted by Gasteiger charge is 2.21. The van der Waals surface area contributed by atoms with Crippen LogP contribution >= 0.6 is 15.9 Å². The van der Waals surface area contributed by atoms with Gasteiger partial charge in [0.05, 0.1) is 22.0 Å². The Morgan fingerprint density at radius 3 is 2.94 bits per heavy atom. The Labute approximate surface area is 105 Å². The second-order valence-corrected chi connectivity index (χ2v) is 4.27. The Morgan fingerprint density at radius 1 is 1.59 bits per heavy atom. The number of anilines is 1. The molecule has 0 unspecified atom stereocenters. The average molecular weight is 301 g/mol. The number of aromatic nitrogens is 1. The molecule has 1 aromatic carbocycles. The Balaban J connectivity index is 2.73. The summed E-state index contributed by atoms with van der Waals surface area (Å²) in [6.45, 7) is 1.88. The maximum absolute atomic E-state index is 13.9. The largest absolute Gasteiger partial charge is 0.462 e. The van der Waals surface area contributed by atoms with Crippen molar-refractivity contribution in [2.24, 2.45) is 0 Å². The third-order valence-electron chi connectivity index (χ3n) is 2.36. The van der Waals surface area contributed by atoms with Gasteiger partial charge in [0.25, 0.3) is 0 Å². The van der Waals surface area contributed by atoms with E-state index in [-0.39, 0.29) is 27.8 Å². The van der Waals surface area contributed by atoms with E-state index in [1.807, 2.05) is 0 Å². The van der Waals surface area contributed by atoms with Crippen LogP contribution < -0.4 is 5.73 Å². The summed E-state index contributed by atoms with van der Waals surface area (Å²) in [5.41, 5.74) is 6.17. The first-order chi connectivity index (χ1) is 8.06. The summed E-state index contributed by atoms with van der Waals surface area (Å²) in [4.78, 5) is 14.5. The Hall–Kier alpha value is -1.56. The molecule has 0 amide bonds. The number of esters is 1. The van der Waals surface area contributed by atoms with Crippen LogP contribution in [0.25, 0.3) is 10.9 Å². The molecule has 0 aliphatic heterocycles. The number of hydrogen-bond acceptors (Lipinski definition) is 3. The predicted octanol–water partition coefficient (Wildman–Crippen LogP) is 2.83. The summed E-state index contributed by atoms with van der Waals surface area (Å²) in [5, 5.41) is 0.148. The van der Waals surface area contributed by atoms with E-state index in [2.05, 4.69) is 20.9 Å². The van der Waals surface area contributed by atoms with Gasteiger partial charge in [0.15, 0.2) is 0 Å². The molecule has 0 atom stereocenters. The summed E-state index contributed by atoms with van der Waals surface area (Å²) in [6.07, 6.45) is 0. The lowest BCUT2D eigenvalue weighted by Gasteiger charge is -2.02. The summed E-state index contributed by atoms with van der Waals surface area (Å²) in [7, 11) is 0. The van der Waals surface area contributed by atoms with E-state index in [4.69, 9.17) is 10.5 Å². The number of halogens is 2. The number of nitrogens with two attached hydrogens (primary N) is 1. The molecule has 0 saturated heterocycles. The van der Waals surface area contributed by atoms with E-state index < -0.39 is 11.8 Å². The molecule has 90 valence electrons. The second-order valence-electron chi connectivity index (χ2n) is 3.42. The molecule has 0 bridgehead atoms. The standard InChI is InChI=1S/C11H10BrFN2O2/c1-2-17-11(16)8-7-6(15-10(8)14)4-3-5(12)9(7)13/h3-4,15H,2,14H2,1H3. The zero-order valence-electron chi connectivity index (χ0n) is 9.01. The fraction of sp³-hybridized carbons (Fsp3) is 0.182. The fourth-order valence-corrected chi connectivity index (χ4v) is 1.99. The minimum Gasteiger partial charge on any atom is -0.462 e. The highest BCUT2D eigenvalue weighted by atomic mass is 79.9. The van der Waals surface area contributed by atoms with Gasteiger partial charge in [-0.3, -0.25) is 0 Å². The molecule has 0 radical (unpaired) electrons. The van der Waals surface area contributed by atoms with Gasteiger partial charge in [0.2, 0.25) is 0 Å². The first-order valence-electron chi connectivity index (χ1n) is 4.98. The molecule has 2 aromatic rings. The highest BCUT2D eigenvalue weighted by molar-refractivity contribution is 9.10. The normalized spacial score (nSPS) is 10.8. The summed E-state index contributed by atoms with van der Waals surface area (Å²) < 4.78 is 19.1. The van der Waals surface area contributed by atoms with Crippen molar-refractivity contribution in [3.05, 3.63) is 28.0 Å². The maximum Gasteiger partial charge on any atom is 0.342 e. The van der Waals surface area contributed by atoms with Crippen LogP contribution in [0.5, 0.6) is 0 Å². The van der Waals surface area contributed by atoms with Crippen molar-refractivity contribution < 1.29 is 13.9 Å². The van der Waals surface area contributed by atoms with Gasteiger partial charge in [-0.2, -0.15) is 0 Å². The summed E-state index contributed by atoms with van der Waals surface area (Å²) in [5.74, 6) is -1.05. The monoisotopic (exact) mass is 300 g/mol.